The van der Waals surface area contributed by atoms with Crippen molar-refractivity contribution in [1.82, 2.24) is 5.16 Å². The van der Waals surface area contributed by atoms with Gasteiger partial charge in [-0.1, -0.05) is 12.1 Å². The standard InChI is InChI=1S/C9H12ClNO/c1-2-6-3-4-7-8(5-10)11-12-9(6)7/h6H,2-5H2,1H3. The zero-order chi connectivity index (χ0) is 8.55. The molecule has 0 saturated heterocycles. The van der Waals surface area contributed by atoms with Crippen LogP contribution < -0.4 is 0 Å². The van der Waals surface area contributed by atoms with E-state index in [1.165, 1.54) is 12.0 Å². The minimum atomic E-state index is 0.481. The lowest BCUT2D eigenvalue weighted by Gasteiger charge is -2.00. The second-order valence-electron chi connectivity index (χ2n) is 3.25. The largest absolute Gasteiger partial charge is 0.361 e. The average molecular weight is 186 g/mol. The van der Waals surface area contributed by atoms with Crippen LogP contribution in [-0.2, 0) is 12.3 Å². The Morgan fingerprint density at radius 2 is 2.50 bits per heavy atom. The third-order valence-corrected chi connectivity index (χ3v) is 2.89. The normalized spacial score (nSPS) is 21.3. The van der Waals surface area contributed by atoms with Crippen molar-refractivity contribution in [2.45, 2.75) is 38.0 Å². The van der Waals surface area contributed by atoms with Crippen molar-refractivity contribution >= 4 is 11.6 Å². The summed E-state index contributed by atoms with van der Waals surface area (Å²) in [6.45, 7) is 2.18. The van der Waals surface area contributed by atoms with Gasteiger partial charge in [0.1, 0.15) is 11.5 Å². The predicted molar refractivity (Wildman–Crippen MR) is 47.4 cm³/mol. The minimum Gasteiger partial charge on any atom is -0.361 e. The van der Waals surface area contributed by atoms with Gasteiger partial charge in [-0.15, -0.1) is 11.6 Å². The Morgan fingerprint density at radius 3 is 3.17 bits per heavy atom. The summed E-state index contributed by atoms with van der Waals surface area (Å²) in [5.74, 6) is 2.16. The van der Waals surface area contributed by atoms with Crippen LogP contribution >= 0.6 is 11.6 Å². The molecule has 0 amide bonds. The molecule has 1 aliphatic rings. The molecule has 0 aromatic carbocycles. The first-order valence-electron chi connectivity index (χ1n) is 4.40. The highest BCUT2D eigenvalue weighted by atomic mass is 35.5. The molecule has 0 fully saturated rings. The molecule has 0 bridgehead atoms. The molecule has 0 radical (unpaired) electrons. The summed E-state index contributed by atoms with van der Waals surface area (Å²) >= 11 is 5.72. The van der Waals surface area contributed by atoms with E-state index in [1.54, 1.807) is 0 Å². The lowest BCUT2D eigenvalue weighted by Crippen LogP contribution is -1.87. The van der Waals surface area contributed by atoms with E-state index < -0.39 is 0 Å². The topological polar surface area (TPSA) is 26.0 Å². The first-order valence-corrected chi connectivity index (χ1v) is 4.93. The van der Waals surface area contributed by atoms with Crippen molar-refractivity contribution in [3.63, 3.8) is 0 Å². The van der Waals surface area contributed by atoms with Crippen LogP contribution in [0.1, 0.15) is 42.7 Å². The Bertz CT molecular complexity index is 282. The summed E-state index contributed by atoms with van der Waals surface area (Å²) in [5.41, 5.74) is 2.22. The Morgan fingerprint density at radius 1 is 1.67 bits per heavy atom. The van der Waals surface area contributed by atoms with Gasteiger partial charge in [-0.3, -0.25) is 0 Å². The molecule has 1 aliphatic carbocycles. The van der Waals surface area contributed by atoms with E-state index in [1.807, 2.05) is 0 Å². The van der Waals surface area contributed by atoms with E-state index in [2.05, 4.69) is 12.1 Å². The Labute approximate surface area is 76.9 Å². The molecule has 0 N–H and O–H groups in total. The number of nitrogens with zero attached hydrogens (tertiary/aromatic N) is 1. The molecule has 66 valence electrons. The fraction of sp³-hybridized carbons (Fsp3) is 0.667. The fourth-order valence-corrected chi connectivity index (χ4v) is 2.10. The number of aromatic nitrogens is 1. The van der Waals surface area contributed by atoms with Crippen LogP contribution in [0.4, 0.5) is 0 Å². The third-order valence-electron chi connectivity index (χ3n) is 2.63. The molecule has 1 aromatic heterocycles. The first-order chi connectivity index (χ1) is 5.86. The maximum absolute atomic E-state index is 5.72. The van der Waals surface area contributed by atoms with Gasteiger partial charge in [0.25, 0.3) is 0 Å². The van der Waals surface area contributed by atoms with Crippen LogP contribution in [0.15, 0.2) is 4.52 Å². The first kappa shape index (κ1) is 8.11. The highest BCUT2D eigenvalue weighted by Gasteiger charge is 2.28. The van der Waals surface area contributed by atoms with Gasteiger partial charge in [0.2, 0.25) is 0 Å². The smallest absolute Gasteiger partial charge is 0.143 e. The number of halogens is 1. The Balaban J connectivity index is 2.35. The van der Waals surface area contributed by atoms with E-state index in [4.69, 9.17) is 16.1 Å². The van der Waals surface area contributed by atoms with Gasteiger partial charge in [0.15, 0.2) is 0 Å². The molecule has 3 heteroatoms. The minimum absolute atomic E-state index is 0.481. The third kappa shape index (κ3) is 1.06. The maximum atomic E-state index is 5.72. The lowest BCUT2D eigenvalue weighted by molar-refractivity contribution is 0.355. The molecule has 1 aromatic rings. The highest BCUT2D eigenvalue weighted by molar-refractivity contribution is 6.17. The molecule has 12 heavy (non-hydrogen) atoms. The van der Waals surface area contributed by atoms with E-state index >= 15 is 0 Å². The van der Waals surface area contributed by atoms with E-state index in [0.29, 0.717) is 11.8 Å². The zero-order valence-electron chi connectivity index (χ0n) is 7.14. The monoisotopic (exact) mass is 185 g/mol. The summed E-state index contributed by atoms with van der Waals surface area (Å²) in [6.07, 6.45) is 3.44. The molecule has 0 aliphatic heterocycles. The zero-order valence-corrected chi connectivity index (χ0v) is 7.90. The van der Waals surface area contributed by atoms with E-state index in [0.717, 1.165) is 24.3 Å². The second-order valence-corrected chi connectivity index (χ2v) is 3.52. The van der Waals surface area contributed by atoms with Gasteiger partial charge in [0.05, 0.1) is 5.88 Å². The van der Waals surface area contributed by atoms with Gasteiger partial charge < -0.3 is 4.52 Å². The van der Waals surface area contributed by atoms with E-state index in [9.17, 15) is 0 Å². The molecular weight excluding hydrogens is 174 g/mol. The molecule has 2 nitrogen and oxygen atoms in total. The highest BCUT2D eigenvalue weighted by Crippen LogP contribution is 2.37. The quantitative estimate of drug-likeness (QED) is 0.663. The summed E-state index contributed by atoms with van der Waals surface area (Å²) in [5, 5.41) is 3.95. The summed E-state index contributed by atoms with van der Waals surface area (Å²) in [7, 11) is 0. The molecule has 1 atom stereocenters. The molecule has 2 rings (SSSR count). The molecule has 0 spiro atoms. The number of rotatable bonds is 2. The van der Waals surface area contributed by atoms with Crippen LogP contribution in [-0.4, -0.2) is 5.16 Å². The van der Waals surface area contributed by atoms with Crippen molar-refractivity contribution in [1.29, 1.82) is 0 Å². The van der Waals surface area contributed by atoms with Crippen LogP contribution in [0.2, 0.25) is 0 Å². The fourth-order valence-electron chi connectivity index (χ4n) is 1.89. The van der Waals surface area contributed by atoms with Crippen LogP contribution in [0.5, 0.6) is 0 Å². The SMILES string of the molecule is CCC1CCc2c(CCl)noc21. The number of alkyl halides is 1. The molecule has 0 saturated carbocycles. The van der Waals surface area contributed by atoms with Gasteiger partial charge in [-0.05, 0) is 19.3 Å². The summed E-state index contributed by atoms with van der Waals surface area (Å²) in [4.78, 5) is 0. The van der Waals surface area contributed by atoms with Crippen molar-refractivity contribution in [3.05, 3.63) is 17.0 Å². The number of fused-ring (bicyclic) bond motifs is 1. The molecule has 1 unspecified atom stereocenters. The van der Waals surface area contributed by atoms with Crippen LogP contribution in [0.25, 0.3) is 0 Å². The predicted octanol–water partition coefficient (Wildman–Crippen LogP) is 2.85. The van der Waals surface area contributed by atoms with Gasteiger partial charge in [0, 0.05) is 11.5 Å². The lowest BCUT2D eigenvalue weighted by atomic mass is 10.1. The number of hydrogen-bond donors (Lipinski definition) is 0. The van der Waals surface area contributed by atoms with Gasteiger partial charge in [-0.25, -0.2) is 0 Å². The van der Waals surface area contributed by atoms with E-state index in [-0.39, 0.29) is 0 Å². The van der Waals surface area contributed by atoms with Crippen molar-refractivity contribution in [2.24, 2.45) is 0 Å². The second kappa shape index (κ2) is 3.09. The van der Waals surface area contributed by atoms with Gasteiger partial charge in [-0.2, -0.15) is 0 Å². The van der Waals surface area contributed by atoms with Crippen LogP contribution in [0, 0.1) is 0 Å². The summed E-state index contributed by atoms with van der Waals surface area (Å²) < 4.78 is 5.27. The van der Waals surface area contributed by atoms with Crippen molar-refractivity contribution in [2.75, 3.05) is 0 Å². The van der Waals surface area contributed by atoms with Gasteiger partial charge >= 0.3 is 0 Å². The summed E-state index contributed by atoms with van der Waals surface area (Å²) in [6, 6.07) is 0. The maximum Gasteiger partial charge on any atom is 0.143 e. The van der Waals surface area contributed by atoms with Crippen molar-refractivity contribution < 1.29 is 4.52 Å². The number of hydrogen-bond acceptors (Lipinski definition) is 2. The average Bonchev–Trinajstić information content (AvgIpc) is 2.62. The van der Waals surface area contributed by atoms with Crippen LogP contribution in [0.3, 0.4) is 0 Å². The Hall–Kier alpha value is -0.500. The van der Waals surface area contributed by atoms with Crippen molar-refractivity contribution in [3.8, 4) is 0 Å². The molecule has 1 heterocycles. The Kier molecular flexibility index (Phi) is 2.09. The molecular formula is C9H12ClNO.